The molecular weight excluding hydrogens is 795 g/mol. The van der Waals surface area contributed by atoms with Crippen molar-refractivity contribution in [3.63, 3.8) is 0 Å². The van der Waals surface area contributed by atoms with E-state index in [9.17, 15) is 12.8 Å². The SMILES string of the molecule is CCCCC(CC)C(CCC)CCCCC(CC)S(=O)(=O)c1cc(F)c(CSC2=NC=C(C(C)(C)c3ccc(Cl)c(OC)c3)C(C)C(c3ccc(F)cc3)C2)c(F)c1. The van der Waals surface area contributed by atoms with Crippen molar-refractivity contribution in [3.05, 3.63) is 106 Å². The highest BCUT2D eigenvalue weighted by atomic mass is 35.5. The number of rotatable bonds is 21. The number of aliphatic imine (C=N–C) groups is 1. The van der Waals surface area contributed by atoms with Gasteiger partial charge in [0, 0.05) is 29.4 Å². The van der Waals surface area contributed by atoms with Gasteiger partial charge in [-0.1, -0.05) is 136 Å². The summed E-state index contributed by atoms with van der Waals surface area (Å²) in [6, 6.07) is 14.1. The highest BCUT2D eigenvalue weighted by Gasteiger charge is 2.36. The molecule has 1 aliphatic heterocycles. The predicted molar refractivity (Wildman–Crippen MR) is 239 cm³/mol. The van der Waals surface area contributed by atoms with Crippen molar-refractivity contribution in [2.45, 2.75) is 153 Å². The normalized spacial score (nSPS) is 17.9. The van der Waals surface area contributed by atoms with E-state index in [1.807, 2.05) is 31.3 Å². The summed E-state index contributed by atoms with van der Waals surface area (Å²) in [5, 5.41) is 0.465. The quantitative estimate of drug-likeness (QED) is 0.100. The Morgan fingerprint density at radius 2 is 1.52 bits per heavy atom. The second kappa shape index (κ2) is 22.2. The molecule has 320 valence electrons. The summed E-state index contributed by atoms with van der Waals surface area (Å²) in [4.78, 5) is 4.59. The third kappa shape index (κ3) is 12.0. The Hall–Kier alpha value is -2.75. The first-order valence-corrected chi connectivity index (χ1v) is 24.2. The van der Waals surface area contributed by atoms with Gasteiger partial charge >= 0.3 is 0 Å². The zero-order valence-electron chi connectivity index (χ0n) is 35.9. The van der Waals surface area contributed by atoms with E-state index in [-0.39, 0.29) is 33.9 Å². The van der Waals surface area contributed by atoms with E-state index in [0.29, 0.717) is 46.9 Å². The lowest BCUT2D eigenvalue weighted by atomic mass is 9.68. The largest absolute Gasteiger partial charge is 0.495 e. The molecule has 0 radical (unpaired) electrons. The lowest BCUT2D eigenvalue weighted by molar-refractivity contribution is 0.255. The Morgan fingerprint density at radius 1 is 0.862 bits per heavy atom. The van der Waals surface area contributed by atoms with Crippen LogP contribution in [0, 0.1) is 35.2 Å². The van der Waals surface area contributed by atoms with Crippen LogP contribution in [-0.4, -0.2) is 25.8 Å². The van der Waals surface area contributed by atoms with Crippen LogP contribution in [0.25, 0.3) is 0 Å². The van der Waals surface area contributed by atoms with Crippen molar-refractivity contribution in [1.82, 2.24) is 0 Å². The molecule has 0 saturated heterocycles. The summed E-state index contributed by atoms with van der Waals surface area (Å²) < 4.78 is 78.9. The van der Waals surface area contributed by atoms with E-state index in [2.05, 4.69) is 41.5 Å². The number of sulfone groups is 1. The third-order valence-corrected chi connectivity index (χ3v) is 16.3. The van der Waals surface area contributed by atoms with Gasteiger partial charge < -0.3 is 4.74 Å². The number of allylic oxidation sites excluding steroid dienone is 1. The van der Waals surface area contributed by atoms with Crippen LogP contribution >= 0.6 is 23.4 Å². The van der Waals surface area contributed by atoms with Crippen molar-refractivity contribution >= 4 is 38.2 Å². The fourth-order valence-electron chi connectivity index (χ4n) is 8.87. The molecule has 3 aromatic rings. The minimum Gasteiger partial charge on any atom is -0.495 e. The molecule has 5 unspecified atom stereocenters. The molecule has 10 heteroatoms. The van der Waals surface area contributed by atoms with Gasteiger partial charge in [0.15, 0.2) is 9.84 Å². The fraction of sp³-hybridized carbons (Fsp3) is 0.562. The van der Waals surface area contributed by atoms with Crippen molar-refractivity contribution in [2.75, 3.05) is 7.11 Å². The Labute approximate surface area is 356 Å². The van der Waals surface area contributed by atoms with E-state index in [1.54, 1.807) is 19.2 Å². The highest BCUT2D eigenvalue weighted by molar-refractivity contribution is 8.13. The molecule has 0 amide bonds. The van der Waals surface area contributed by atoms with Crippen molar-refractivity contribution < 1.29 is 26.3 Å². The number of nitrogens with zero attached hydrogens (tertiary/aromatic N) is 1. The van der Waals surface area contributed by atoms with Crippen molar-refractivity contribution in [2.24, 2.45) is 22.7 Å². The van der Waals surface area contributed by atoms with E-state index >= 15 is 8.78 Å². The number of ether oxygens (including phenoxy) is 1. The third-order valence-electron chi connectivity index (χ3n) is 12.6. The molecular formula is C48H65ClF3NO3S2. The summed E-state index contributed by atoms with van der Waals surface area (Å²) >= 11 is 7.59. The number of unbranched alkanes of at least 4 members (excludes halogenated alkanes) is 2. The molecule has 0 aliphatic carbocycles. The van der Waals surface area contributed by atoms with E-state index < -0.39 is 32.1 Å². The van der Waals surface area contributed by atoms with Gasteiger partial charge in [0.2, 0.25) is 0 Å². The number of benzene rings is 3. The number of hydrogen-bond acceptors (Lipinski definition) is 5. The van der Waals surface area contributed by atoms with Crippen LogP contribution in [0.15, 0.2) is 76.3 Å². The molecule has 0 fully saturated rings. The fourth-order valence-corrected chi connectivity index (χ4v) is 11.9. The lowest BCUT2D eigenvalue weighted by Gasteiger charge is -2.35. The first-order chi connectivity index (χ1) is 27.6. The summed E-state index contributed by atoms with van der Waals surface area (Å²) in [6.45, 7) is 14.9. The van der Waals surface area contributed by atoms with E-state index in [0.717, 1.165) is 54.5 Å². The molecule has 4 rings (SSSR count). The molecule has 0 aromatic heterocycles. The molecule has 3 aromatic carbocycles. The molecule has 1 heterocycles. The molecule has 5 atom stereocenters. The van der Waals surface area contributed by atoms with Gasteiger partial charge in [-0.05, 0) is 89.6 Å². The maximum Gasteiger partial charge on any atom is 0.181 e. The lowest BCUT2D eigenvalue weighted by Crippen LogP contribution is -2.27. The second-order valence-corrected chi connectivity index (χ2v) is 20.3. The summed E-state index contributed by atoms with van der Waals surface area (Å²) in [5.74, 6) is -0.426. The smallest absolute Gasteiger partial charge is 0.181 e. The average molecular weight is 861 g/mol. The molecule has 0 bridgehead atoms. The molecule has 0 saturated carbocycles. The van der Waals surface area contributed by atoms with Gasteiger partial charge in [0.05, 0.1) is 27.3 Å². The number of halogens is 4. The second-order valence-electron chi connectivity index (χ2n) is 16.6. The Balaban J connectivity index is 1.54. The zero-order valence-corrected chi connectivity index (χ0v) is 38.2. The van der Waals surface area contributed by atoms with E-state index in [4.69, 9.17) is 21.3 Å². The van der Waals surface area contributed by atoms with Crippen LogP contribution in [0.1, 0.15) is 148 Å². The predicted octanol–water partition coefficient (Wildman–Crippen LogP) is 14.8. The maximum absolute atomic E-state index is 15.8. The van der Waals surface area contributed by atoms with E-state index in [1.165, 1.54) is 56.0 Å². The molecule has 58 heavy (non-hydrogen) atoms. The topological polar surface area (TPSA) is 55.7 Å². The minimum atomic E-state index is -3.95. The summed E-state index contributed by atoms with van der Waals surface area (Å²) in [5.41, 5.74) is 2.22. The first kappa shape index (κ1) is 47.9. The van der Waals surface area contributed by atoms with Gasteiger partial charge in [-0.25, -0.2) is 21.6 Å². The van der Waals surface area contributed by atoms with Gasteiger partial charge in [-0.15, -0.1) is 11.8 Å². The molecule has 0 N–H and O–H groups in total. The van der Waals surface area contributed by atoms with Crippen molar-refractivity contribution in [1.29, 1.82) is 0 Å². The van der Waals surface area contributed by atoms with Gasteiger partial charge in [-0.2, -0.15) is 0 Å². The molecule has 0 spiro atoms. The standard InChI is InChI=1S/C48H65ClF3NO3S2/c1-9-13-17-33(11-3)34(16-10-2)18-14-15-19-38(12-4)58(54,55)39-27-44(51)41(45(52)28-39)31-57-47-29-40(35-20-23-37(50)24-21-35)32(5)42(30-53-47)48(6,7)36-22-25-43(49)46(26-36)56-8/h20-28,30,32-34,38,40H,9-19,29,31H2,1-8H3. The number of hydrogen-bond donors (Lipinski definition) is 0. The Kier molecular flexibility index (Phi) is 18.3. The highest BCUT2D eigenvalue weighted by Crippen LogP contribution is 2.46. The average Bonchev–Trinajstić information content (AvgIpc) is 3.36. The molecule has 1 aliphatic rings. The van der Waals surface area contributed by atoms with Crippen LogP contribution in [-0.2, 0) is 21.0 Å². The minimum absolute atomic E-state index is 0.0507. The monoisotopic (exact) mass is 859 g/mol. The summed E-state index contributed by atoms with van der Waals surface area (Å²) in [7, 11) is -2.38. The first-order valence-electron chi connectivity index (χ1n) is 21.3. The van der Waals surface area contributed by atoms with Crippen LogP contribution in [0.2, 0.25) is 5.02 Å². The van der Waals surface area contributed by atoms with Crippen LogP contribution in [0.5, 0.6) is 5.75 Å². The molecule has 4 nitrogen and oxygen atoms in total. The van der Waals surface area contributed by atoms with Gasteiger partial charge in [0.25, 0.3) is 0 Å². The van der Waals surface area contributed by atoms with Gasteiger partial charge in [-0.3, -0.25) is 4.99 Å². The number of methoxy groups -OCH3 is 1. The number of thioether (sulfide) groups is 1. The van der Waals surface area contributed by atoms with Crippen molar-refractivity contribution in [3.8, 4) is 5.75 Å². The Morgan fingerprint density at radius 3 is 2.12 bits per heavy atom. The van der Waals surface area contributed by atoms with Crippen LogP contribution in [0.3, 0.4) is 0 Å². The van der Waals surface area contributed by atoms with Crippen LogP contribution < -0.4 is 4.74 Å². The van der Waals surface area contributed by atoms with Gasteiger partial charge in [0.1, 0.15) is 23.2 Å². The zero-order chi connectivity index (χ0) is 42.6. The maximum atomic E-state index is 15.8. The summed E-state index contributed by atoms with van der Waals surface area (Å²) in [6.07, 6.45) is 13.2. The van der Waals surface area contributed by atoms with Crippen LogP contribution in [0.4, 0.5) is 13.2 Å². The Bertz CT molecular complexity index is 1940.